The Morgan fingerprint density at radius 1 is 1.44 bits per heavy atom. The van der Waals surface area contributed by atoms with Gasteiger partial charge < -0.3 is 11.1 Å². The zero-order valence-corrected chi connectivity index (χ0v) is 10.9. The van der Waals surface area contributed by atoms with Crippen LogP contribution in [-0.4, -0.2) is 32.7 Å². The van der Waals surface area contributed by atoms with Gasteiger partial charge in [0, 0.05) is 18.9 Å². The van der Waals surface area contributed by atoms with E-state index in [2.05, 4.69) is 34.3 Å². The molecule has 2 rings (SSSR count). The molecule has 6 heteroatoms. The molecule has 0 aromatic carbocycles. The fraction of sp³-hybridized carbons (Fsp3) is 0.583. The van der Waals surface area contributed by atoms with Crippen LogP contribution < -0.4 is 11.1 Å². The summed E-state index contributed by atoms with van der Waals surface area (Å²) in [5.74, 6) is 0.774. The molecule has 0 radical (unpaired) electrons. The molecule has 2 aromatic rings. The van der Waals surface area contributed by atoms with Gasteiger partial charge in [-0.2, -0.15) is 0 Å². The predicted molar refractivity (Wildman–Crippen MR) is 71.3 cm³/mol. The fourth-order valence-electron chi connectivity index (χ4n) is 1.88. The van der Waals surface area contributed by atoms with Crippen molar-refractivity contribution < 1.29 is 0 Å². The van der Waals surface area contributed by atoms with E-state index < -0.39 is 0 Å². The smallest absolute Gasteiger partial charge is 0.203 e. The molecule has 0 spiro atoms. The molecule has 3 N–H and O–H groups in total. The molecule has 0 aliphatic carbocycles. The van der Waals surface area contributed by atoms with Gasteiger partial charge in [0.2, 0.25) is 5.65 Å². The third kappa shape index (κ3) is 2.95. The zero-order valence-electron chi connectivity index (χ0n) is 10.9. The number of aromatic nitrogens is 4. The Hall–Kier alpha value is -1.69. The molecule has 0 fully saturated rings. The van der Waals surface area contributed by atoms with Crippen LogP contribution in [0.5, 0.6) is 0 Å². The van der Waals surface area contributed by atoms with Crippen LogP contribution in [0, 0.1) is 5.41 Å². The average Bonchev–Trinajstić information content (AvgIpc) is 2.82. The highest BCUT2D eigenvalue weighted by molar-refractivity contribution is 5.61. The van der Waals surface area contributed by atoms with Crippen molar-refractivity contribution in [3.63, 3.8) is 0 Å². The first-order valence-corrected chi connectivity index (χ1v) is 6.21. The maximum atomic E-state index is 5.55. The van der Waals surface area contributed by atoms with Crippen LogP contribution in [0.1, 0.15) is 26.7 Å². The molecule has 2 heterocycles. The second kappa shape index (κ2) is 5.30. The van der Waals surface area contributed by atoms with E-state index in [0.717, 1.165) is 37.4 Å². The van der Waals surface area contributed by atoms with Crippen LogP contribution >= 0.6 is 0 Å². The summed E-state index contributed by atoms with van der Waals surface area (Å²) in [5.41, 5.74) is 6.49. The second-order valence-electron chi connectivity index (χ2n) is 5.25. The minimum Gasteiger partial charge on any atom is -0.366 e. The Morgan fingerprint density at radius 3 is 3.06 bits per heavy atom. The van der Waals surface area contributed by atoms with Crippen molar-refractivity contribution in [2.75, 3.05) is 18.4 Å². The van der Waals surface area contributed by atoms with Crippen molar-refractivity contribution in [3.05, 3.63) is 18.7 Å². The van der Waals surface area contributed by atoms with E-state index in [1.54, 1.807) is 12.5 Å². The van der Waals surface area contributed by atoms with Gasteiger partial charge in [-0.3, -0.25) is 4.40 Å². The quantitative estimate of drug-likeness (QED) is 0.805. The van der Waals surface area contributed by atoms with Crippen LogP contribution in [0.4, 0.5) is 5.82 Å². The summed E-state index contributed by atoms with van der Waals surface area (Å²) in [6.45, 7) is 6.02. The van der Waals surface area contributed by atoms with Gasteiger partial charge in [-0.05, 0) is 24.8 Å². The first-order chi connectivity index (χ1) is 8.62. The van der Waals surface area contributed by atoms with Crippen LogP contribution in [0.15, 0.2) is 18.7 Å². The van der Waals surface area contributed by atoms with Crippen molar-refractivity contribution in [1.82, 2.24) is 19.6 Å². The Balaban J connectivity index is 2.03. The van der Waals surface area contributed by atoms with Gasteiger partial charge in [0.05, 0.1) is 0 Å². The van der Waals surface area contributed by atoms with Crippen molar-refractivity contribution in [3.8, 4) is 0 Å². The molecule has 6 nitrogen and oxygen atoms in total. The van der Waals surface area contributed by atoms with Crippen LogP contribution in [0.3, 0.4) is 0 Å². The van der Waals surface area contributed by atoms with Gasteiger partial charge in [-0.15, -0.1) is 10.2 Å². The lowest BCUT2D eigenvalue weighted by Gasteiger charge is -2.24. The van der Waals surface area contributed by atoms with E-state index in [4.69, 9.17) is 5.73 Å². The molecule has 0 unspecified atom stereocenters. The lowest BCUT2D eigenvalue weighted by molar-refractivity contribution is 0.350. The van der Waals surface area contributed by atoms with E-state index in [-0.39, 0.29) is 5.41 Å². The van der Waals surface area contributed by atoms with Crippen molar-refractivity contribution in [1.29, 1.82) is 0 Å². The van der Waals surface area contributed by atoms with Gasteiger partial charge in [-0.1, -0.05) is 13.8 Å². The highest BCUT2D eigenvalue weighted by Gasteiger charge is 2.17. The van der Waals surface area contributed by atoms with Gasteiger partial charge in [-0.25, -0.2) is 4.98 Å². The zero-order chi connectivity index (χ0) is 13.0. The Kier molecular flexibility index (Phi) is 3.76. The topological polar surface area (TPSA) is 81.1 Å². The lowest BCUT2D eigenvalue weighted by atomic mass is 9.88. The van der Waals surface area contributed by atoms with Crippen LogP contribution in [0.2, 0.25) is 0 Å². The van der Waals surface area contributed by atoms with Gasteiger partial charge >= 0.3 is 0 Å². The monoisotopic (exact) mass is 248 g/mol. The number of hydrogen-bond acceptors (Lipinski definition) is 5. The van der Waals surface area contributed by atoms with Gasteiger partial charge in [0.1, 0.15) is 6.33 Å². The molecular formula is C12H20N6. The third-order valence-corrected chi connectivity index (χ3v) is 3.01. The molecule has 2 aromatic heterocycles. The molecule has 98 valence electrons. The normalized spacial score (nSPS) is 11.9. The number of nitrogens with one attached hydrogen (secondary N) is 1. The molecular weight excluding hydrogens is 228 g/mol. The molecule has 18 heavy (non-hydrogen) atoms. The van der Waals surface area contributed by atoms with Gasteiger partial charge in [0.25, 0.3) is 0 Å². The number of nitrogens with zero attached hydrogens (tertiary/aromatic N) is 4. The molecule has 0 saturated carbocycles. The summed E-state index contributed by atoms with van der Waals surface area (Å²) in [6.07, 6.45) is 7.37. The van der Waals surface area contributed by atoms with Crippen LogP contribution in [-0.2, 0) is 0 Å². The second-order valence-corrected chi connectivity index (χ2v) is 5.25. The Labute approximate surface area is 107 Å². The van der Waals surface area contributed by atoms with Gasteiger partial charge in [0.15, 0.2) is 5.82 Å². The predicted octanol–water partition coefficient (Wildman–Crippen LogP) is 1.30. The maximum absolute atomic E-state index is 5.55. The molecule has 0 amide bonds. The Bertz CT molecular complexity index is 504. The first-order valence-electron chi connectivity index (χ1n) is 6.21. The fourth-order valence-corrected chi connectivity index (χ4v) is 1.88. The largest absolute Gasteiger partial charge is 0.366 e. The van der Waals surface area contributed by atoms with Crippen molar-refractivity contribution in [2.45, 2.75) is 26.7 Å². The SMILES string of the molecule is CC(C)(CCCN)CNc1nccn2cnnc12. The van der Waals surface area contributed by atoms with Crippen molar-refractivity contribution in [2.24, 2.45) is 11.1 Å². The van der Waals surface area contributed by atoms with E-state index in [9.17, 15) is 0 Å². The number of nitrogens with two attached hydrogens (primary N) is 1. The summed E-state index contributed by atoms with van der Waals surface area (Å²) >= 11 is 0. The summed E-state index contributed by atoms with van der Waals surface area (Å²) < 4.78 is 1.85. The maximum Gasteiger partial charge on any atom is 0.203 e. The van der Waals surface area contributed by atoms with Crippen molar-refractivity contribution >= 4 is 11.5 Å². The summed E-state index contributed by atoms with van der Waals surface area (Å²) in [7, 11) is 0. The number of fused-ring (bicyclic) bond motifs is 1. The summed E-state index contributed by atoms with van der Waals surface area (Å²) in [4.78, 5) is 4.30. The highest BCUT2D eigenvalue weighted by atomic mass is 15.2. The number of anilines is 1. The molecule has 0 bridgehead atoms. The lowest BCUT2D eigenvalue weighted by Crippen LogP contribution is -2.24. The first kappa shape index (κ1) is 12.8. The summed E-state index contributed by atoms with van der Waals surface area (Å²) in [6, 6.07) is 0. The number of hydrogen-bond donors (Lipinski definition) is 2. The molecule has 0 atom stereocenters. The molecule has 0 saturated heterocycles. The van der Waals surface area contributed by atoms with E-state index >= 15 is 0 Å². The van der Waals surface area contributed by atoms with E-state index in [0.29, 0.717) is 0 Å². The highest BCUT2D eigenvalue weighted by Crippen LogP contribution is 2.23. The van der Waals surface area contributed by atoms with Crippen LogP contribution in [0.25, 0.3) is 5.65 Å². The summed E-state index contributed by atoms with van der Waals surface area (Å²) in [5, 5.41) is 11.3. The number of rotatable bonds is 6. The third-order valence-electron chi connectivity index (χ3n) is 3.01. The molecule has 0 aliphatic rings. The van der Waals surface area contributed by atoms with E-state index in [1.165, 1.54) is 0 Å². The minimum atomic E-state index is 0.188. The minimum absolute atomic E-state index is 0.188. The Morgan fingerprint density at radius 2 is 2.28 bits per heavy atom. The van der Waals surface area contributed by atoms with E-state index in [1.807, 2.05) is 10.6 Å². The average molecular weight is 248 g/mol. The molecule has 0 aliphatic heterocycles. The standard InChI is InChI=1S/C12H20N6/c1-12(2,4-3-5-13)8-15-10-11-17-16-9-18(11)7-6-14-10/h6-7,9H,3-5,8,13H2,1-2H3,(H,14,15).